The first-order valence-electron chi connectivity index (χ1n) is 9.09. The van der Waals surface area contributed by atoms with Crippen LogP contribution in [0.25, 0.3) is 0 Å². The van der Waals surface area contributed by atoms with Crippen molar-refractivity contribution in [3.63, 3.8) is 0 Å². The summed E-state index contributed by atoms with van der Waals surface area (Å²) in [7, 11) is 0. The molecule has 29 heavy (non-hydrogen) atoms. The molecule has 3 rings (SSSR count). The number of anilines is 2. The van der Waals surface area contributed by atoms with E-state index >= 15 is 0 Å². The Bertz CT molecular complexity index is 1090. The topological polar surface area (TPSA) is 74.7 Å². The molecule has 6 nitrogen and oxygen atoms in total. The van der Waals surface area contributed by atoms with E-state index in [0.717, 1.165) is 22.4 Å². The molecule has 0 saturated carbocycles. The Morgan fingerprint density at radius 2 is 1.83 bits per heavy atom. The smallest absolute Gasteiger partial charge is 0.271 e. The van der Waals surface area contributed by atoms with E-state index in [1.54, 1.807) is 16.3 Å². The number of carbonyl (C=O) groups excluding carboxylic acids is 2. The fourth-order valence-electron chi connectivity index (χ4n) is 2.77. The summed E-state index contributed by atoms with van der Waals surface area (Å²) in [6, 6.07) is 13.2. The Hall–Kier alpha value is -3.32. The lowest BCUT2D eigenvalue weighted by Gasteiger charge is -2.19. The highest BCUT2D eigenvalue weighted by Gasteiger charge is 2.18. The molecule has 2 amide bonds. The lowest BCUT2D eigenvalue weighted by molar-refractivity contribution is -0.115. The van der Waals surface area contributed by atoms with Crippen LogP contribution >= 0.6 is 11.3 Å². The molecule has 0 aliphatic heterocycles. The Morgan fingerprint density at radius 1 is 1.07 bits per heavy atom. The van der Waals surface area contributed by atoms with Crippen LogP contribution in [0.4, 0.5) is 10.8 Å². The van der Waals surface area contributed by atoms with Gasteiger partial charge in [-0.2, -0.15) is 5.10 Å². The van der Waals surface area contributed by atoms with Gasteiger partial charge in [0.1, 0.15) is 0 Å². The van der Waals surface area contributed by atoms with Crippen LogP contribution in [0.15, 0.2) is 52.9 Å². The molecule has 1 heterocycles. The second-order valence-corrected chi connectivity index (χ2v) is 7.53. The summed E-state index contributed by atoms with van der Waals surface area (Å²) in [6.45, 7) is 7.41. The Morgan fingerprint density at radius 3 is 2.52 bits per heavy atom. The van der Waals surface area contributed by atoms with E-state index in [9.17, 15) is 9.59 Å². The van der Waals surface area contributed by atoms with Gasteiger partial charge in [0.2, 0.25) is 5.91 Å². The molecule has 7 heteroatoms. The van der Waals surface area contributed by atoms with Gasteiger partial charge in [0.25, 0.3) is 5.91 Å². The number of hydrogen-bond acceptors (Lipinski definition) is 5. The van der Waals surface area contributed by atoms with Crippen molar-refractivity contribution in [2.24, 2.45) is 5.10 Å². The Balaban J connectivity index is 1.75. The van der Waals surface area contributed by atoms with Crippen molar-refractivity contribution in [1.29, 1.82) is 0 Å². The average molecular weight is 407 g/mol. The third kappa shape index (κ3) is 4.75. The largest absolute Gasteiger partial charge is 0.274 e. The van der Waals surface area contributed by atoms with E-state index < -0.39 is 0 Å². The van der Waals surface area contributed by atoms with Gasteiger partial charge < -0.3 is 0 Å². The van der Waals surface area contributed by atoms with Gasteiger partial charge in [-0.15, -0.1) is 11.3 Å². The highest BCUT2D eigenvalue weighted by molar-refractivity contribution is 7.14. The number of rotatable bonds is 5. The molecule has 0 bridgehead atoms. The fourth-order valence-corrected chi connectivity index (χ4v) is 3.61. The molecule has 0 fully saturated rings. The molecule has 0 unspecified atom stereocenters. The molecule has 1 N–H and O–H groups in total. The van der Waals surface area contributed by atoms with E-state index in [2.05, 4.69) is 15.5 Å². The molecule has 0 spiro atoms. The van der Waals surface area contributed by atoms with Gasteiger partial charge in [0.05, 0.1) is 17.6 Å². The van der Waals surface area contributed by atoms with E-state index in [-0.39, 0.29) is 11.8 Å². The summed E-state index contributed by atoms with van der Waals surface area (Å²) in [5, 5.41) is 6.33. The summed E-state index contributed by atoms with van der Waals surface area (Å²) in [5.41, 5.74) is 7.55. The average Bonchev–Trinajstić information content (AvgIpc) is 3.13. The predicted molar refractivity (Wildman–Crippen MR) is 117 cm³/mol. The number of amides is 2. The third-order valence-corrected chi connectivity index (χ3v) is 5.36. The Labute approximate surface area is 173 Å². The van der Waals surface area contributed by atoms with Crippen LogP contribution in [0.3, 0.4) is 0 Å². The number of aromatic nitrogens is 1. The number of benzene rings is 2. The first kappa shape index (κ1) is 20.4. The zero-order valence-corrected chi connectivity index (χ0v) is 17.6. The maximum atomic E-state index is 12.2. The molecule has 3 aromatic rings. The Kier molecular flexibility index (Phi) is 6.19. The normalized spacial score (nSPS) is 10.9. The van der Waals surface area contributed by atoms with E-state index in [1.807, 2.05) is 57.2 Å². The minimum atomic E-state index is -0.282. The van der Waals surface area contributed by atoms with E-state index in [1.165, 1.54) is 24.5 Å². The minimum absolute atomic E-state index is 0.126. The van der Waals surface area contributed by atoms with Crippen molar-refractivity contribution in [1.82, 2.24) is 10.4 Å². The van der Waals surface area contributed by atoms with Gasteiger partial charge in [-0.1, -0.05) is 24.3 Å². The monoisotopic (exact) mass is 406 g/mol. The summed E-state index contributed by atoms with van der Waals surface area (Å²) < 4.78 is 0. The summed E-state index contributed by atoms with van der Waals surface area (Å²) >= 11 is 1.34. The number of hydrogen-bond donors (Lipinski definition) is 1. The van der Waals surface area contributed by atoms with Gasteiger partial charge in [0.15, 0.2) is 5.13 Å². The van der Waals surface area contributed by atoms with Gasteiger partial charge >= 0.3 is 0 Å². The number of aryl methyl sites for hydroxylation is 3. The first-order valence-corrected chi connectivity index (χ1v) is 9.97. The van der Waals surface area contributed by atoms with Gasteiger partial charge in [-0.25, -0.2) is 10.4 Å². The van der Waals surface area contributed by atoms with Crippen molar-refractivity contribution in [3.05, 3.63) is 75.8 Å². The van der Waals surface area contributed by atoms with Crippen LogP contribution in [0.1, 0.15) is 39.7 Å². The van der Waals surface area contributed by atoms with Crippen molar-refractivity contribution in [2.45, 2.75) is 27.7 Å². The number of carbonyl (C=O) groups is 2. The fraction of sp³-hybridized carbons (Fsp3) is 0.182. The molecule has 2 aromatic carbocycles. The maximum Gasteiger partial charge on any atom is 0.271 e. The van der Waals surface area contributed by atoms with Crippen LogP contribution in [0.2, 0.25) is 0 Å². The summed E-state index contributed by atoms with van der Waals surface area (Å²) in [5.74, 6) is -0.408. The molecule has 0 aliphatic rings. The summed E-state index contributed by atoms with van der Waals surface area (Å²) in [4.78, 5) is 30.5. The lowest BCUT2D eigenvalue weighted by atomic mass is 10.1. The van der Waals surface area contributed by atoms with E-state index in [0.29, 0.717) is 16.4 Å². The standard InChI is InChI=1S/C22H22N4O2S/c1-14-9-10-19(11-16(14)3)26(17(4)27)22-24-18(13-29-22)12-23-25-21(28)20-8-6-5-7-15(20)2/h5-13H,1-4H3,(H,25,28)/b23-12-. The van der Waals surface area contributed by atoms with Crippen molar-refractivity contribution in [3.8, 4) is 0 Å². The number of hydrazone groups is 1. The third-order valence-electron chi connectivity index (χ3n) is 4.52. The number of thiazole rings is 1. The molecule has 1 aromatic heterocycles. The van der Waals surface area contributed by atoms with Crippen LogP contribution in [0.5, 0.6) is 0 Å². The molecule has 0 aliphatic carbocycles. The zero-order chi connectivity index (χ0) is 21.0. The minimum Gasteiger partial charge on any atom is -0.274 e. The van der Waals surface area contributed by atoms with Crippen molar-refractivity contribution >= 4 is 40.2 Å². The van der Waals surface area contributed by atoms with Crippen LogP contribution in [-0.2, 0) is 4.79 Å². The lowest BCUT2D eigenvalue weighted by Crippen LogP contribution is -2.22. The maximum absolute atomic E-state index is 12.2. The van der Waals surface area contributed by atoms with Crippen LogP contribution < -0.4 is 10.3 Å². The molecular weight excluding hydrogens is 384 g/mol. The SMILES string of the molecule is CC(=O)N(c1ccc(C)c(C)c1)c1nc(/C=N\NC(=O)c2ccccc2C)cs1. The second kappa shape index (κ2) is 8.79. The molecular formula is C22H22N4O2S. The van der Waals surface area contributed by atoms with Gasteiger partial charge in [-0.05, 0) is 55.7 Å². The highest BCUT2D eigenvalue weighted by atomic mass is 32.1. The first-order chi connectivity index (χ1) is 13.9. The highest BCUT2D eigenvalue weighted by Crippen LogP contribution is 2.29. The van der Waals surface area contributed by atoms with E-state index in [4.69, 9.17) is 0 Å². The zero-order valence-electron chi connectivity index (χ0n) is 16.8. The second-order valence-electron chi connectivity index (χ2n) is 6.69. The summed E-state index contributed by atoms with van der Waals surface area (Å²) in [6.07, 6.45) is 1.47. The van der Waals surface area contributed by atoms with Crippen molar-refractivity contribution < 1.29 is 9.59 Å². The van der Waals surface area contributed by atoms with Crippen LogP contribution in [-0.4, -0.2) is 23.0 Å². The van der Waals surface area contributed by atoms with Gasteiger partial charge in [0, 0.05) is 17.9 Å². The van der Waals surface area contributed by atoms with Gasteiger partial charge in [-0.3, -0.25) is 14.5 Å². The molecule has 0 atom stereocenters. The number of nitrogens with zero attached hydrogens (tertiary/aromatic N) is 3. The number of nitrogens with one attached hydrogen (secondary N) is 1. The van der Waals surface area contributed by atoms with Crippen molar-refractivity contribution in [2.75, 3.05) is 4.90 Å². The quantitative estimate of drug-likeness (QED) is 0.500. The molecule has 0 saturated heterocycles. The molecule has 0 radical (unpaired) electrons. The predicted octanol–water partition coefficient (Wildman–Crippen LogP) is 4.52. The van der Waals surface area contributed by atoms with Crippen LogP contribution in [0, 0.1) is 20.8 Å². The molecule has 148 valence electrons.